The number of furan rings is 1. The summed E-state index contributed by atoms with van der Waals surface area (Å²) >= 11 is 0. The Bertz CT molecular complexity index is 1200. The van der Waals surface area contributed by atoms with Gasteiger partial charge in [0.15, 0.2) is 11.5 Å². The summed E-state index contributed by atoms with van der Waals surface area (Å²) in [6.45, 7) is 2.15. The quantitative estimate of drug-likeness (QED) is 0.526. The van der Waals surface area contributed by atoms with Crippen molar-refractivity contribution in [2.24, 2.45) is 0 Å². The van der Waals surface area contributed by atoms with E-state index in [1.807, 2.05) is 0 Å². The third kappa shape index (κ3) is 3.69. The maximum absolute atomic E-state index is 13.6. The Labute approximate surface area is 167 Å². The second kappa shape index (κ2) is 7.50. The van der Waals surface area contributed by atoms with Gasteiger partial charge in [0, 0.05) is 0 Å². The Balaban J connectivity index is 1.75. The van der Waals surface area contributed by atoms with Gasteiger partial charge in [-0.05, 0) is 37.3 Å². The van der Waals surface area contributed by atoms with Crippen molar-refractivity contribution < 1.29 is 27.1 Å². The van der Waals surface area contributed by atoms with E-state index in [1.54, 1.807) is 31.2 Å². The molecule has 0 radical (unpaired) electrons. The molecule has 0 atom stereocenters. The maximum Gasteiger partial charge on any atom is 0.433 e. The van der Waals surface area contributed by atoms with Crippen molar-refractivity contribution in [2.75, 3.05) is 11.9 Å². The SMILES string of the molecule is CCOc1ccccc1NC(=O)c1nc2nc(-c3ccco3)cc(C(F)(F)F)n2n1. The first-order valence-corrected chi connectivity index (χ1v) is 8.79. The van der Waals surface area contributed by atoms with Gasteiger partial charge in [0.1, 0.15) is 11.4 Å². The maximum atomic E-state index is 13.6. The lowest BCUT2D eigenvalue weighted by Gasteiger charge is -2.10. The molecule has 8 nitrogen and oxygen atoms in total. The molecule has 1 N–H and O–H groups in total. The minimum atomic E-state index is -4.76. The molecule has 3 heterocycles. The lowest BCUT2D eigenvalue weighted by molar-refractivity contribution is -0.142. The van der Waals surface area contributed by atoms with Crippen LogP contribution in [0.5, 0.6) is 5.75 Å². The second-order valence-corrected chi connectivity index (χ2v) is 6.03. The minimum absolute atomic E-state index is 0.0825. The highest BCUT2D eigenvalue weighted by Crippen LogP contribution is 2.32. The van der Waals surface area contributed by atoms with Gasteiger partial charge in [0.25, 0.3) is 11.7 Å². The molecule has 0 saturated carbocycles. The largest absolute Gasteiger partial charge is 0.492 e. The van der Waals surface area contributed by atoms with E-state index in [2.05, 4.69) is 20.4 Å². The van der Waals surface area contributed by atoms with Crippen molar-refractivity contribution in [2.45, 2.75) is 13.1 Å². The number of para-hydroxylation sites is 2. The number of alkyl halides is 3. The fourth-order valence-electron chi connectivity index (χ4n) is 2.75. The zero-order valence-electron chi connectivity index (χ0n) is 15.5. The van der Waals surface area contributed by atoms with Crippen LogP contribution in [-0.2, 0) is 6.18 Å². The van der Waals surface area contributed by atoms with Gasteiger partial charge in [-0.3, -0.25) is 4.79 Å². The molecule has 1 amide bonds. The van der Waals surface area contributed by atoms with Crippen LogP contribution in [0.15, 0.2) is 53.1 Å². The highest BCUT2D eigenvalue weighted by molar-refractivity contribution is 6.02. The summed E-state index contributed by atoms with van der Waals surface area (Å²) in [6.07, 6.45) is -3.45. The first-order valence-electron chi connectivity index (χ1n) is 8.79. The average molecular weight is 417 g/mol. The molecular formula is C19H14F3N5O3. The van der Waals surface area contributed by atoms with Crippen LogP contribution in [0.4, 0.5) is 18.9 Å². The molecule has 0 aliphatic carbocycles. The summed E-state index contributed by atoms with van der Waals surface area (Å²) < 4.78 is 51.7. The van der Waals surface area contributed by atoms with E-state index < -0.39 is 23.6 Å². The normalized spacial score (nSPS) is 11.6. The number of hydrogen-bond donors (Lipinski definition) is 1. The lowest BCUT2D eigenvalue weighted by Crippen LogP contribution is -2.16. The molecule has 154 valence electrons. The van der Waals surface area contributed by atoms with Crippen LogP contribution in [0.1, 0.15) is 23.2 Å². The van der Waals surface area contributed by atoms with Crippen molar-refractivity contribution in [1.82, 2.24) is 19.6 Å². The molecule has 0 unspecified atom stereocenters. The number of nitrogens with one attached hydrogen (secondary N) is 1. The van der Waals surface area contributed by atoms with Crippen molar-refractivity contribution in [3.8, 4) is 17.2 Å². The Morgan fingerprint density at radius 1 is 1.20 bits per heavy atom. The van der Waals surface area contributed by atoms with Crippen LogP contribution in [0, 0.1) is 0 Å². The molecule has 1 aromatic carbocycles. The van der Waals surface area contributed by atoms with E-state index in [1.165, 1.54) is 18.4 Å². The molecule has 4 rings (SSSR count). The van der Waals surface area contributed by atoms with Gasteiger partial charge in [-0.1, -0.05) is 12.1 Å². The first kappa shape index (κ1) is 19.4. The number of halogens is 3. The number of anilines is 1. The summed E-state index contributed by atoms with van der Waals surface area (Å²) in [5.74, 6) is -1.13. The summed E-state index contributed by atoms with van der Waals surface area (Å²) in [5.41, 5.74) is -0.885. The molecule has 0 bridgehead atoms. The summed E-state index contributed by atoms with van der Waals surface area (Å²) in [7, 11) is 0. The first-order chi connectivity index (χ1) is 14.4. The van der Waals surface area contributed by atoms with Crippen LogP contribution in [-0.4, -0.2) is 32.1 Å². The number of fused-ring (bicyclic) bond motifs is 1. The van der Waals surface area contributed by atoms with Crippen LogP contribution < -0.4 is 10.1 Å². The fraction of sp³-hybridized carbons (Fsp3) is 0.158. The second-order valence-electron chi connectivity index (χ2n) is 6.03. The molecule has 0 aliphatic heterocycles. The summed E-state index contributed by atoms with van der Waals surface area (Å²) in [6, 6.07) is 10.4. The van der Waals surface area contributed by atoms with E-state index in [4.69, 9.17) is 9.15 Å². The van der Waals surface area contributed by atoms with Gasteiger partial charge in [-0.15, -0.1) is 5.10 Å². The van der Waals surface area contributed by atoms with E-state index in [0.29, 0.717) is 22.6 Å². The molecular weight excluding hydrogens is 403 g/mol. The number of rotatable bonds is 5. The highest BCUT2D eigenvalue weighted by Gasteiger charge is 2.36. The fourth-order valence-corrected chi connectivity index (χ4v) is 2.75. The van der Waals surface area contributed by atoms with Gasteiger partial charge in [0.2, 0.25) is 5.82 Å². The van der Waals surface area contributed by atoms with Gasteiger partial charge in [-0.2, -0.15) is 22.7 Å². The van der Waals surface area contributed by atoms with E-state index in [9.17, 15) is 18.0 Å². The molecule has 0 aliphatic rings. The molecule has 11 heteroatoms. The number of nitrogens with zero attached hydrogens (tertiary/aromatic N) is 4. The van der Waals surface area contributed by atoms with Crippen molar-refractivity contribution in [3.05, 3.63) is 60.2 Å². The minimum Gasteiger partial charge on any atom is -0.492 e. The molecule has 30 heavy (non-hydrogen) atoms. The number of benzene rings is 1. The molecule has 0 saturated heterocycles. The Morgan fingerprint density at radius 3 is 2.70 bits per heavy atom. The van der Waals surface area contributed by atoms with Gasteiger partial charge in [-0.25, -0.2) is 4.98 Å². The lowest BCUT2D eigenvalue weighted by atomic mass is 10.2. The van der Waals surface area contributed by atoms with E-state index >= 15 is 0 Å². The van der Waals surface area contributed by atoms with E-state index in [0.717, 1.165) is 6.07 Å². The third-order valence-electron chi connectivity index (χ3n) is 4.01. The standard InChI is InChI=1S/C19H14F3N5O3/c1-2-29-13-7-4-3-6-11(13)23-17(28)16-25-18-24-12(14-8-5-9-30-14)10-15(19(20,21)22)27(18)26-16/h3-10H,2H2,1H3,(H,23,28). The van der Waals surface area contributed by atoms with Crippen LogP contribution >= 0.6 is 0 Å². The predicted octanol–water partition coefficient (Wildman–Crippen LogP) is 4.05. The number of ether oxygens (including phenoxy) is 1. The van der Waals surface area contributed by atoms with Crippen molar-refractivity contribution in [1.29, 1.82) is 0 Å². The van der Waals surface area contributed by atoms with Crippen LogP contribution in [0.25, 0.3) is 17.2 Å². The number of carbonyl (C=O) groups excluding carboxylic acids is 1. The molecule has 3 aromatic heterocycles. The van der Waals surface area contributed by atoms with Gasteiger partial charge in [0.05, 0.1) is 18.6 Å². The van der Waals surface area contributed by atoms with Crippen LogP contribution in [0.3, 0.4) is 0 Å². The van der Waals surface area contributed by atoms with Crippen molar-refractivity contribution in [3.63, 3.8) is 0 Å². The van der Waals surface area contributed by atoms with Gasteiger partial charge < -0.3 is 14.5 Å². The number of hydrogen-bond acceptors (Lipinski definition) is 6. The number of amides is 1. The predicted molar refractivity (Wildman–Crippen MR) is 99.1 cm³/mol. The molecule has 0 spiro atoms. The zero-order valence-corrected chi connectivity index (χ0v) is 15.5. The Kier molecular flexibility index (Phi) is 4.86. The highest BCUT2D eigenvalue weighted by atomic mass is 19.4. The Hall–Kier alpha value is -3.89. The van der Waals surface area contributed by atoms with Crippen LogP contribution in [0.2, 0.25) is 0 Å². The average Bonchev–Trinajstić information content (AvgIpc) is 3.38. The molecule has 0 fully saturated rings. The summed E-state index contributed by atoms with van der Waals surface area (Å²) in [5, 5.41) is 6.26. The zero-order chi connectivity index (χ0) is 21.3. The molecule has 4 aromatic rings. The van der Waals surface area contributed by atoms with Crippen molar-refractivity contribution >= 4 is 17.4 Å². The number of aromatic nitrogens is 4. The van der Waals surface area contributed by atoms with E-state index in [-0.39, 0.29) is 17.2 Å². The Morgan fingerprint density at radius 2 is 2.00 bits per heavy atom. The van der Waals surface area contributed by atoms with Gasteiger partial charge >= 0.3 is 6.18 Å². The summed E-state index contributed by atoms with van der Waals surface area (Å²) in [4.78, 5) is 20.5. The number of carbonyl (C=O) groups is 1. The smallest absolute Gasteiger partial charge is 0.433 e. The third-order valence-corrected chi connectivity index (χ3v) is 4.01. The monoisotopic (exact) mass is 417 g/mol. The topological polar surface area (TPSA) is 94.5 Å².